The summed E-state index contributed by atoms with van der Waals surface area (Å²) >= 11 is 0. The monoisotopic (exact) mass is 230 g/mol. The smallest absolute Gasteiger partial charge is 0.168 e. The Labute approximate surface area is 99.0 Å². The number of carbonyl (C=O) groups excluding carboxylic acids is 1. The van der Waals surface area contributed by atoms with E-state index in [0.29, 0.717) is 13.2 Å². The van der Waals surface area contributed by atoms with E-state index in [9.17, 15) is 4.79 Å². The first kappa shape index (κ1) is 10.5. The van der Waals surface area contributed by atoms with Gasteiger partial charge in [-0.15, -0.1) is 0 Å². The minimum absolute atomic E-state index is 0.1000. The van der Waals surface area contributed by atoms with Crippen molar-refractivity contribution in [3.8, 4) is 0 Å². The summed E-state index contributed by atoms with van der Waals surface area (Å²) in [4.78, 5) is 19.6. The number of aromatic nitrogens is 2. The Hall–Kier alpha value is -1.68. The number of H-pyrrole nitrogens is 1. The number of aromatic amines is 1. The molecular weight excluding hydrogens is 216 g/mol. The predicted molar refractivity (Wildman–Crippen MR) is 64.0 cm³/mol. The van der Waals surface area contributed by atoms with E-state index in [1.807, 2.05) is 12.1 Å². The number of rotatable bonds is 2. The van der Waals surface area contributed by atoms with E-state index >= 15 is 0 Å². The second-order valence-electron chi connectivity index (χ2n) is 4.35. The number of ether oxygens (including phenoxy) is 1. The molecule has 2 aromatic rings. The first-order valence-electron chi connectivity index (χ1n) is 5.90. The Morgan fingerprint density at radius 2 is 2.24 bits per heavy atom. The van der Waals surface area contributed by atoms with Gasteiger partial charge in [0.05, 0.1) is 0 Å². The number of ketones is 1. The van der Waals surface area contributed by atoms with Gasteiger partial charge in [-0.1, -0.05) is 0 Å². The fourth-order valence-electron chi connectivity index (χ4n) is 2.34. The van der Waals surface area contributed by atoms with Crippen LogP contribution in [0.2, 0.25) is 0 Å². The summed E-state index contributed by atoms with van der Waals surface area (Å²) in [6.45, 7) is 1.38. The number of Topliss-reactive ketones (excluding diaryl/α,β-unsaturated/α-hetero) is 1. The van der Waals surface area contributed by atoms with Crippen LogP contribution in [0.15, 0.2) is 24.5 Å². The highest BCUT2D eigenvalue weighted by Gasteiger charge is 2.24. The molecule has 0 aliphatic carbocycles. The summed E-state index contributed by atoms with van der Waals surface area (Å²) in [7, 11) is 0. The lowest BCUT2D eigenvalue weighted by atomic mass is 9.91. The molecule has 0 saturated carbocycles. The van der Waals surface area contributed by atoms with Crippen LogP contribution in [0.1, 0.15) is 23.2 Å². The summed E-state index contributed by atoms with van der Waals surface area (Å²) in [5.74, 6) is 0.315. The lowest BCUT2D eigenvalue weighted by molar-refractivity contribution is 0.0546. The summed E-state index contributed by atoms with van der Waals surface area (Å²) in [6, 6.07) is 3.79. The molecule has 0 amide bonds. The van der Waals surface area contributed by atoms with Crippen LogP contribution in [-0.2, 0) is 4.74 Å². The molecule has 0 atom stereocenters. The first-order valence-corrected chi connectivity index (χ1v) is 5.90. The summed E-state index contributed by atoms with van der Waals surface area (Å²) in [5.41, 5.74) is 1.54. The molecule has 3 heterocycles. The maximum atomic E-state index is 12.4. The van der Waals surface area contributed by atoms with Crippen molar-refractivity contribution in [3.63, 3.8) is 0 Å². The van der Waals surface area contributed by atoms with E-state index < -0.39 is 0 Å². The van der Waals surface area contributed by atoms with Crippen molar-refractivity contribution in [2.24, 2.45) is 5.92 Å². The fraction of sp³-hybridized carbons (Fsp3) is 0.385. The van der Waals surface area contributed by atoms with E-state index in [2.05, 4.69) is 9.97 Å². The van der Waals surface area contributed by atoms with Crippen molar-refractivity contribution in [2.75, 3.05) is 13.2 Å². The molecule has 17 heavy (non-hydrogen) atoms. The number of carbonyl (C=O) groups is 1. The Morgan fingerprint density at radius 1 is 1.41 bits per heavy atom. The predicted octanol–water partition coefficient (Wildman–Crippen LogP) is 2.17. The fourth-order valence-corrected chi connectivity index (χ4v) is 2.34. The van der Waals surface area contributed by atoms with Gasteiger partial charge in [0, 0.05) is 42.5 Å². The highest BCUT2D eigenvalue weighted by Crippen LogP contribution is 2.24. The van der Waals surface area contributed by atoms with Gasteiger partial charge in [0.15, 0.2) is 5.78 Å². The third kappa shape index (κ3) is 1.85. The van der Waals surface area contributed by atoms with E-state index in [0.717, 1.165) is 29.4 Å². The van der Waals surface area contributed by atoms with Gasteiger partial charge in [-0.25, -0.2) is 4.98 Å². The van der Waals surface area contributed by atoms with Crippen molar-refractivity contribution in [1.29, 1.82) is 0 Å². The highest BCUT2D eigenvalue weighted by atomic mass is 16.5. The highest BCUT2D eigenvalue weighted by molar-refractivity contribution is 6.08. The van der Waals surface area contributed by atoms with Crippen molar-refractivity contribution < 1.29 is 9.53 Å². The van der Waals surface area contributed by atoms with Crippen LogP contribution in [0.3, 0.4) is 0 Å². The molecule has 1 aliphatic rings. The van der Waals surface area contributed by atoms with Crippen LogP contribution < -0.4 is 0 Å². The minimum Gasteiger partial charge on any atom is -0.381 e. The second kappa shape index (κ2) is 4.30. The molecule has 4 heteroatoms. The SMILES string of the molecule is O=C(c1c[nH]c2ncccc12)C1CCOCC1. The van der Waals surface area contributed by atoms with Gasteiger partial charge in [-0.2, -0.15) is 0 Å². The van der Waals surface area contributed by atoms with Crippen LogP contribution >= 0.6 is 0 Å². The van der Waals surface area contributed by atoms with Gasteiger partial charge in [-0.3, -0.25) is 4.79 Å². The van der Waals surface area contributed by atoms with Crippen LogP contribution in [0, 0.1) is 5.92 Å². The van der Waals surface area contributed by atoms with Gasteiger partial charge in [0.2, 0.25) is 0 Å². The summed E-state index contributed by atoms with van der Waals surface area (Å²) in [5, 5.41) is 0.920. The maximum Gasteiger partial charge on any atom is 0.168 e. The van der Waals surface area contributed by atoms with Crippen molar-refractivity contribution in [1.82, 2.24) is 9.97 Å². The average molecular weight is 230 g/mol. The van der Waals surface area contributed by atoms with Crippen molar-refractivity contribution in [2.45, 2.75) is 12.8 Å². The lowest BCUT2D eigenvalue weighted by Crippen LogP contribution is -2.23. The zero-order valence-electron chi connectivity index (χ0n) is 9.48. The Kier molecular flexibility index (Phi) is 2.65. The molecule has 0 spiro atoms. The molecule has 1 aliphatic heterocycles. The average Bonchev–Trinajstić information content (AvgIpc) is 2.83. The normalized spacial score (nSPS) is 17.4. The van der Waals surface area contributed by atoms with E-state index in [1.54, 1.807) is 12.4 Å². The number of hydrogen-bond acceptors (Lipinski definition) is 3. The van der Waals surface area contributed by atoms with E-state index in [1.165, 1.54) is 0 Å². The Balaban J connectivity index is 1.95. The Morgan fingerprint density at radius 3 is 3.06 bits per heavy atom. The number of hydrogen-bond donors (Lipinski definition) is 1. The lowest BCUT2D eigenvalue weighted by Gasteiger charge is -2.20. The molecule has 0 unspecified atom stereocenters. The van der Waals surface area contributed by atoms with Crippen LogP contribution in [0.4, 0.5) is 0 Å². The van der Waals surface area contributed by atoms with Gasteiger partial charge in [0.25, 0.3) is 0 Å². The Bertz CT molecular complexity index is 541. The third-order valence-electron chi connectivity index (χ3n) is 3.31. The molecule has 1 N–H and O–H groups in total. The molecular formula is C13H14N2O2. The van der Waals surface area contributed by atoms with Crippen LogP contribution in [0.25, 0.3) is 11.0 Å². The molecule has 0 bridgehead atoms. The standard InChI is InChI=1S/C13H14N2O2/c16-12(9-3-6-17-7-4-9)11-8-15-13-10(11)2-1-5-14-13/h1-2,5,8-9H,3-4,6-7H2,(H,14,15). The number of nitrogens with zero attached hydrogens (tertiary/aromatic N) is 1. The molecule has 88 valence electrons. The minimum atomic E-state index is 0.1000. The number of nitrogens with one attached hydrogen (secondary N) is 1. The van der Waals surface area contributed by atoms with Gasteiger partial charge in [0.1, 0.15) is 5.65 Å². The molecule has 0 aromatic carbocycles. The first-order chi connectivity index (χ1) is 8.36. The summed E-state index contributed by atoms with van der Waals surface area (Å²) in [6.07, 6.45) is 5.15. The van der Waals surface area contributed by atoms with Crippen LogP contribution in [-0.4, -0.2) is 29.0 Å². The molecule has 3 rings (SSSR count). The maximum absolute atomic E-state index is 12.4. The molecule has 4 nitrogen and oxygen atoms in total. The largest absolute Gasteiger partial charge is 0.381 e. The van der Waals surface area contributed by atoms with Gasteiger partial charge >= 0.3 is 0 Å². The molecule has 0 radical (unpaired) electrons. The molecule has 1 saturated heterocycles. The topological polar surface area (TPSA) is 55.0 Å². The zero-order chi connectivity index (χ0) is 11.7. The van der Waals surface area contributed by atoms with Crippen molar-refractivity contribution in [3.05, 3.63) is 30.1 Å². The van der Waals surface area contributed by atoms with E-state index in [4.69, 9.17) is 4.74 Å². The summed E-state index contributed by atoms with van der Waals surface area (Å²) < 4.78 is 5.28. The van der Waals surface area contributed by atoms with Crippen LogP contribution in [0.5, 0.6) is 0 Å². The zero-order valence-corrected chi connectivity index (χ0v) is 9.48. The molecule has 2 aromatic heterocycles. The van der Waals surface area contributed by atoms with Crippen molar-refractivity contribution >= 4 is 16.8 Å². The molecule has 1 fully saturated rings. The number of pyridine rings is 1. The second-order valence-corrected chi connectivity index (χ2v) is 4.35. The number of fused-ring (bicyclic) bond motifs is 1. The van der Waals surface area contributed by atoms with Gasteiger partial charge in [-0.05, 0) is 25.0 Å². The quantitative estimate of drug-likeness (QED) is 0.804. The third-order valence-corrected chi connectivity index (χ3v) is 3.31. The van der Waals surface area contributed by atoms with Gasteiger partial charge < -0.3 is 9.72 Å². The van der Waals surface area contributed by atoms with E-state index in [-0.39, 0.29) is 11.7 Å².